The van der Waals surface area contributed by atoms with Crippen molar-refractivity contribution in [3.63, 3.8) is 0 Å². The third-order valence-electron chi connectivity index (χ3n) is 5.16. The van der Waals surface area contributed by atoms with Crippen LogP contribution in [0.15, 0.2) is 0 Å². The molecular formula is C16H28N2O3. The number of amides is 1. The molecule has 2 fully saturated rings. The molecule has 0 radical (unpaired) electrons. The topological polar surface area (TPSA) is 69.6 Å². The van der Waals surface area contributed by atoms with Crippen molar-refractivity contribution in [2.75, 3.05) is 26.2 Å². The molecule has 2 N–H and O–H groups in total. The average Bonchev–Trinajstić information content (AvgIpc) is 2.98. The van der Waals surface area contributed by atoms with Crippen molar-refractivity contribution in [2.24, 2.45) is 11.3 Å². The molecule has 2 rings (SSSR count). The van der Waals surface area contributed by atoms with E-state index < -0.39 is 11.4 Å². The van der Waals surface area contributed by atoms with Gasteiger partial charge in [-0.15, -0.1) is 0 Å². The number of likely N-dealkylation sites (tertiary alicyclic amines) is 1. The van der Waals surface area contributed by atoms with Gasteiger partial charge in [0.1, 0.15) is 0 Å². The summed E-state index contributed by atoms with van der Waals surface area (Å²) in [5.41, 5.74) is -0.740. The lowest BCUT2D eigenvalue weighted by Gasteiger charge is -2.35. The molecule has 0 aromatic carbocycles. The Labute approximate surface area is 127 Å². The standard InChI is InChI=1S/C16H28N2O3/c1-13-4-7-16(8-5-13,15(20)21)12-17-14(19)6-11-18-9-2-3-10-18/h13H,2-12H2,1H3,(H,17,19)(H,20,21). The van der Waals surface area contributed by atoms with Gasteiger partial charge in [0.2, 0.25) is 5.91 Å². The SMILES string of the molecule is CC1CCC(CNC(=O)CCN2CCCC2)(C(=O)O)CC1. The number of nitrogens with zero attached hydrogens (tertiary/aromatic N) is 1. The largest absolute Gasteiger partial charge is 0.481 e. The highest BCUT2D eigenvalue weighted by molar-refractivity contribution is 5.79. The van der Waals surface area contributed by atoms with Crippen LogP contribution in [0.4, 0.5) is 0 Å². The first kappa shape index (κ1) is 16.3. The van der Waals surface area contributed by atoms with Crippen molar-refractivity contribution in [3.05, 3.63) is 0 Å². The fourth-order valence-corrected chi connectivity index (χ4v) is 3.40. The number of carbonyl (C=O) groups excluding carboxylic acids is 1. The number of aliphatic carboxylic acids is 1. The predicted molar refractivity (Wildman–Crippen MR) is 81.0 cm³/mol. The molecule has 0 unspecified atom stereocenters. The summed E-state index contributed by atoms with van der Waals surface area (Å²) < 4.78 is 0. The fourth-order valence-electron chi connectivity index (χ4n) is 3.40. The van der Waals surface area contributed by atoms with Gasteiger partial charge in [-0.25, -0.2) is 0 Å². The number of carbonyl (C=O) groups is 2. The molecule has 2 aliphatic rings. The van der Waals surface area contributed by atoms with E-state index in [1.807, 2.05) is 0 Å². The van der Waals surface area contributed by atoms with E-state index in [4.69, 9.17) is 0 Å². The minimum Gasteiger partial charge on any atom is -0.481 e. The van der Waals surface area contributed by atoms with Crippen LogP contribution in [0, 0.1) is 11.3 Å². The molecule has 1 saturated carbocycles. The molecule has 1 saturated heterocycles. The summed E-state index contributed by atoms with van der Waals surface area (Å²) in [7, 11) is 0. The monoisotopic (exact) mass is 296 g/mol. The minimum atomic E-state index is -0.755. The highest BCUT2D eigenvalue weighted by atomic mass is 16.4. The first-order valence-electron chi connectivity index (χ1n) is 8.24. The Bertz CT molecular complexity index is 370. The zero-order chi connectivity index (χ0) is 15.3. The lowest BCUT2D eigenvalue weighted by atomic mass is 9.71. The summed E-state index contributed by atoms with van der Waals surface area (Å²) >= 11 is 0. The van der Waals surface area contributed by atoms with E-state index in [0.29, 0.717) is 25.2 Å². The molecule has 21 heavy (non-hydrogen) atoms. The maximum atomic E-state index is 11.9. The van der Waals surface area contributed by atoms with Gasteiger partial charge in [-0.2, -0.15) is 0 Å². The number of carboxylic acid groups (broad SMARTS) is 1. The second-order valence-corrected chi connectivity index (χ2v) is 6.84. The van der Waals surface area contributed by atoms with Crippen molar-refractivity contribution in [3.8, 4) is 0 Å². The van der Waals surface area contributed by atoms with E-state index in [-0.39, 0.29) is 12.5 Å². The number of hydrogen-bond donors (Lipinski definition) is 2. The molecule has 5 nitrogen and oxygen atoms in total. The Balaban J connectivity index is 1.76. The van der Waals surface area contributed by atoms with Gasteiger partial charge < -0.3 is 15.3 Å². The maximum absolute atomic E-state index is 11.9. The highest BCUT2D eigenvalue weighted by Gasteiger charge is 2.41. The normalized spacial score (nSPS) is 30.2. The van der Waals surface area contributed by atoms with Crippen LogP contribution in [0.3, 0.4) is 0 Å². The van der Waals surface area contributed by atoms with E-state index in [0.717, 1.165) is 32.5 Å². The summed E-state index contributed by atoms with van der Waals surface area (Å²) in [6.45, 7) is 5.42. The van der Waals surface area contributed by atoms with E-state index in [1.54, 1.807) is 0 Å². The summed E-state index contributed by atoms with van der Waals surface area (Å²) in [5.74, 6) is -0.168. The number of nitrogens with one attached hydrogen (secondary N) is 1. The summed E-state index contributed by atoms with van der Waals surface area (Å²) in [6.07, 6.45) is 6.16. The van der Waals surface area contributed by atoms with Gasteiger partial charge in [0.05, 0.1) is 5.41 Å². The molecule has 0 aromatic rings. The van der Waals surface area contributed by atoms with Crippen LogP contribution < -0.4 is 5.32 Å². The first-order valence-corrected chi connectivity index (χ1v) is 8.24. The van der Waals surface area contributed by atoms with Gasteiger partial charge in [-0.1, -0.05) is 6.92 Å². The quantitative estimate of drug-likeness (QED) is 0.785. The summed E-state index contributed by atoms with van der Waals surface area (Å²) in [4.78, 5) is 25.8. The maximum Gasteiger partial charge on any atom is 0.311 e. The van der Waals surface area contributed by atoms with Crippen molar-refractivity contribution in [2.45, 2.75) is 51.9 Å². The molecular weight excluding hydrogens is 268 g/mol. The zero-order valence-electron chi connectivity index (χ0n) is 13.1. The lowest BCUT2D eigenvalue weighted by Crippen LogP contribution is -2.45. The van der Waals surface area contributed by atoms with E-state index in [2.05, 4.69) is 17.1 Å². The number of carboxylic acids is 1. The molecule has 0 atom stereocenters. The smallest absolute Gasteiger partial charge is 0.311 e. The Hall–Kier alpha value is -1.10. The minimum absolute atomic E-state index is 0.0128. The summed E-state index contributed by atoms with van der Waals surface area (Å²) in [5, 5.41) is 12.4. The van der Waals surface area contributed by atoms with Crippen LogP contribution in [-0.4, -0.2) is 48.1 Å². The Morgan fingerprint density at radius 1 is 1.24 bits per heavy atom. The molecule has 0 spiro atoms. The lowest BCUT2D eigenvalue weighted by molar-refractivity contribution is -0.151. The molecule has 0 bridgehead atoms. The van der Waals surface area contributed by atoms with Gasteiger partial charge in [-0.05, 0) is 57.5 Å². The van der Waals surface area contributed by atoms with Crippen LogP contribution in [0.1, 0.15) is 51.9 Å². The van der Waals surface area contributed by atoms with E-state index in [1.165, 1.54) is 12.8 Å². The van der Waals surface area contributed by atoms with Gasteiger partial charge >= 0.3 is 5.97 Å². The molecule has 1 aliphatic heterocycles. The van der Waals surface area contributed by atoms with Gasteiger partial charge in [-0.3, -0.25) is 9.59 Å². The third-order valence-corrected chi connectivity index (χ3v) is 5.16. The highest BCUT2D eigenvalue weighted by Crippen LogP contribution is 2.38. The van der Waals surface area contributed by atoms with Crippen LogP contribution in [0.25, 0.3) is 0 Å². The van der Waals surface area contributed by atoms with Crippen molar-refractivity contribution < 1.29 is 14.7 Å². The van der Waals surface area contributed by atoms with Gasteiger partial charge in [0.15, 0.2) is 0 Å². The van der Waals surface area contributed by atoms with Crippen molar-refractivity contribution >= 4 is 11.9 Å². The van der Waals surface area contributed by atoms with Gasteiger partial charge in [0, 0.05) is 19.5 Å². The van der Waals surface area contributed by atoms with E-state index in [9.17, 15) is 14.7 Å². The van der Waals surface area contributed by atoms with Crippen molar-refractivity contribution in [1.29, 1.82) is 0 Å². The Morgan fingerprint density at radius 2 is 1.86 bits per heavy atom. The molecule has 120 valence electrons. The molecule has 1 amide bonds. The van der Waals surface area contributed by atoms with E-state index >= 15 is 0 Å². The molecule has 1 aliphatic carbocycles. The molecule has 5 heteroatoms. The summed E-state index contributed by atoms with van der Waals surface area (Å²) in [6, 6.07) is 0. The molecule has 1 heterocycles. The second kappa shape index (κ2) is 7.25. The van der Waals surface area contributed by atoms with Crippen LogP contribution in [-0.2, 0) is 9.59 Å². The average molecular weight is 296 g/mol. The number of rotatable bonds is 6. The van der Waals surface area contributed by atoms with Crippen LogP contribution in [0.5, 0.6) is 0 Å². The van der Waals surface area contributed by atoms with Crippen LogP contribution in [0.2, 0.25) is 0 Å². The van der Waals surface area contributed by atoms with Crippen molar-refractivity contribution in [1.82, 2.24) is 10.2 Å². The predicted octanol–water partition coefficient (Wildman–Crippen LogP) is 1.87. The van der Waals surface area contributed by atoms with Crippen LogP contribution >= 0.6 is 0 Å². The third kappa shape index (κ3) is 4.43. The number of hydrogen-bond acceptors (Lipinski definition) is 3. The Kier molecular flexibility index (Phi) is 5.62. The zero-order valence-corrected chi connectivity index (χ0v) is 13.1. The first-order chi connectivity index (χ1) is 10.0. The van der Waals surface area contributed by atoms with Gasteiger partial charge in [0.25, 0.3) is 0 Å². The Morgan fingerprint density at radius 3 is 2.43 bits per heavy atom. The molecule has 0 aromatic heterocycles. The second-order valence-electron chi connectivity index (χ2n) is 6.84. The fraction of sp³-hybridized carbons (Fsp3) is 0.875.